The summed E-state index contributed by atoms with van der Waals surface area (Å²) in [5.41, 5.74) is 0.396. The summed E-state index contributed by atoms with van der Waals surface area (Å²) in [7, 11) is 2.28. The van der Waals surface area contributed by atoms with Crippen LogP contribution in [0.3, 0.4) is 0 Å². The number of ether oxygens (including phenoxy) is 1. The van der Waals surface area contributed by atoms with E-state index < -0.39 is 11.6 Å². The Morgan fingerprint density at radius 2 is 1.81 bits per heavy atom. The van der Waals surface area contributed by atoms with Crippen LogP contribution >= 0.6 is 0 Å². The summed E-state index contributed by atoms with van der Waals surface area (Å²) in [6, 6.07) is 13.5. The minimum atomic E-state index is -1.53. The minimum Gasteiger partial charge on any atom is -0.460 e. The third-order valence-electron chi connectivity index (χ3n) is 7.39. The fourth-order valence-electron chi connectivity index (χ4n) is 5.25. The molecule has 5 nitrogen and oxygen atoms in total. The molecule has 1 aromatic carbocycles. The van der Waals surface area contributed by atoms with Crippen LogP contribution in [0.1, 0.15) is 49.7 Å². The lowest BCUT2D eigenvalue weighted by Gasteiger charge is -2.41. The second-order valence-corrected chi connectivity index (χ2v) is 9.62. The van der Waals surface area contributed by atoms with E-state index >= 15 is 0 Å². The molecule has 1 aliphatic carbocycles. The molecule has 0 radical (unpaired) electrons. The van der Waals surface area contributed by atoms with Crippen molar-refractivity contribution in [2.24, 2.45) is 5.92 Å². The van der Waals surface area contributed by atoms with Gasteiger partial charge in [0.25, 0.3) is 0 Å². The van der Waals surface area contributed by atoms with E-state index in [4.69, 9.17) is 4.74 Å². The van der Waals surface area contributed by atoms with E-state index in [1.165, 1.54) is 5.56 Å². The number of piperidine rings is 1. The number of hydrogen-bond acceptors (Lipinski definition) is 4. The molecule has 1 aromatic heterocycles. The largest absolute Gasteiger partial charge is 0.460 e. The van der Waals surface area contributed by atoms with Gasteiger partial charge < -0.3 is 14.3 Å². The molecule has 1 N–H and O–H groups in total. The fraction of sp³-hybridized carbons (Fsp3) is 0.538. The number of benzene rings is 1. The summed E-state index contributed by atoms with van der Waals surface area (Å²) in [6.45, 7) is 3.01. The normalized spacial score (nSPS) is 26.3. The monoisotopic (exact) mass is 423 g/mol. The Morgan fingerprint density at radius 3 is 2.45 bits per heavy atom. The van der Waals surface area contributed by atoms with Gasteiger partial charge in [-0.25, -0.2) is 4.79 Å². The summed E-state index contributed by atoms with van der Waals surface area (Å²) in [5, 5.41) is 11.6. The molecule has 2 heterocycles. The molecule has 31 heavy (non-hydrogen) atoms. The first kappa shape index (κ1) is 22.0. The molecular weight excluding hydrogens is 388 g/mol. The summed E-state index contributed by atoms with van der Waals surface area (Å²) in [6.07, 6.45) is 10.2. The van der Waals surface area contributed by atoms with Gasteiger partial charge >= 0.3 is 5.97 Å². The van der Waals surface area contributed by atoms with Crippen molar-refractivity contribution in [3.8, 4) is 0 Å². The van der Waals surface area contributed by atoms with Gasteiger partial charge in [0, 0.05) is 37.6 Å². The third kappa shape index (κ3) is 4.99. The SMILES string of the molecule is C[N+]1(CCc2cccnc2)CCC(OC(=O)C(O)(c2ccccc2)C2CCCC2)CC1. The highest BCUT2D eigenvalue weighted by Gasteiger charge is 2.49. The van der Waals surface area contributed by atoms with E-state index in [0.29, 0.717) is 5.56 Å². The van der Waals surface area contributed by atoms with E-state index in [9.17, 15) is 9.90 Å². The van der Waals surface area contributed by atoms with Gasteiger partial charge in [-0.05, 0) is 30.0 Å². The number of hydrogen-bond donors (Lipinski definition) is 1. The second-order valence-electron chi connectivity index (χ2n) is 9.62. The number of pyridine rings is 1. The van der Waals surface area contributed by atoms with E-state index in [1.807, 2.05) is 48.8 Å². The molecule has 2 aliphatic rings. The number of nitrogens with zero attached hydrogens (tertiary/aromatic N) is 2. The van der Waals surface area contributed by atoms with Gasteiger partial charge in [-0.3, -0.25) is 4.98 Å². The Bertz CT molecular complexity index is 843. The number of aromatic nitrogens is 1. The maximum absolute atomic E-state index is 13.3. The molecule has 2 aromatic rings. The maximum atomic E-state index is 13.3. The predicted molar refractivity (Wildman–Crippen MR) is 120 cm³/mol. The molecule has 4 rings (SSSR count). The van der Waals surface area contributed by atoms with Crippen LogP contribution in [-0.2, 0) is 21.6 Å². The van der Waals surface area contributed by atoms with Gasteiger partial charge in [0.15, 0.2) is 5.60 Å². The van der Waals surface area contributed by atoms with Gasteiger partial charge in [-0.1, -0.05) is 49.2 Å². The molecule has 1 atom stereocenters. The summed E-state index contributed by atoms with van der Waals surface area (Å²) < 4.78 is 6.95. The molecule has 1 aliphatic heterocycles. The van der Waals surface area contributed by atoms with Gasteiger partial charge in [-0.2, -0.15) is 0 Å². The van der Waals surface area contributed by atoms with Crippen LogP contribution in [0.4, 0.5) is 0 Å². The molecule has 0 bridgehead atoms. The number of carbonyl (C=O) groups excluding carboxylic acids is 1. The highest BCUT2D eigenvalue weighted by Crippen LogP contribution is 2.42. The Morgan fingerprint density at radius 1 is 1.10 bits per heavy atom. The number of quaternary nitrogens is 1. The molecule has 5 heteroatoms. The Hall–Kier alpha value is -2.24. The standard InChI is InChI=1S/C26H35N2O3/c1-28(17-13-21-8-7-16-27-20-21)18-14-24(15-19-28)31-25(29)26(30,23-11-5-6-12-23)22-9-3-2-4-10-22/h2-4,7-10,16,20,23-24,30H,5-6,11-15,17-19H2,1H3/q+1. The quantitative estimate of drug-likeness (QED) is 0.543. The van der Waals surface area contributed by atoms with Crippen LogP contribution in [0.25, 0.3) is 0 Å². The number of likely N-dealkylation sites (tertiary alicyclic amines) is 1. The van der Waals surface area contributed by atoms with Crippen molar-refractivity contribution in [2.75, 3.05) is 26.7 Å². The van der Waals surface area contributed by atoms with Crippen LogP contribution in [0.5, 0.6) is 0 Å². The number of likely N-dealkylation sites (N-methyl/N-ethyl adjacent to an activating group) is 1. The van der Waals surface area contributed by atoms with Gasteiger partial charge in [0.05, 0.1) is 26.7 Å². The topological polar surface area (TPSA) is 59.4 Å². The van der Waals surface area contributed by atoms with Crippen LogP contribution < -0.4 is 0 Å². The predicted octanol–water partition coefficient (Wildman–Crippen LogP) is 3.85. The second kappa shape index (κ2) is 9.49. The summed E-state index contributed by atoms with van der Waals surface area (Å²) >= 11 is 0. The zero-order valence-corrected chi connectivity index (χ0v) is 18.6. The molecule has 1 saturated heterocycles. The Kier molecular flexibility index (Phi) is 6.73. The molecule has 0 spiro atoms. The van der Waals surface area contributed by atoms with Crippen molar-refractivity contribution in [3.05, 3.63) is 66.0 Å². The first-order valence-corrected chi connectivity index (χ1v) is 11.7. The Balaban J connectivity index is 1.37. The first-order chi connectivity index (χ1) is 15.0. The molecule has 166 valence electrons. The van der Waals surface area contributed by atoms with Gasteiger partial charge in [0.2, 0.25) is 0 Å². The van der Waals surface area contributed by atoms with Crippen LogP contribution in [0.2, 0.25) is 0 Å². The van der Waals surface area contributed by atoms with Crippen molar-refractivity contribution in [2.45, 2.75) is 56.7 Å². The van der Waals surface area contributed by atoms with Crippen LogP contribution in [0, 0.1) is 5.92 Å². The van der Waals surface area contributed by atoms with Crippen molar-refractivity contribution >= 4 is 5.97 Å². The zero-order chi connectivity index (χ0) is 21.7. The van der Waals surface area contributed by atoms with E-state index in [0.717, 1.165) is 69.1 Å². The molecule has 1 unspecified atom stereocenters. The van der Waals surface area contributed by atoms with Crippen molar-refractivity contribution in [1.82, 2.24) is 4.98 Å². The summed E-state index contributed by atoms with van der Waals surface area (Å²) in [5.74, 6) is -0.520. The zero-order valence-electron chi connectivity index (χ0n) is 18.6. The smallest absolute Gasteiger partial charge is 0.343 e. The number of aliphatic hydroxyl groups is 1. The van der Waals surface area contributed by atoms with E-state index in [1.54, 1.807) is 0 Å². The van der Waals surface area contributed by atoms with Crippen LogP contribution in [0.15, 0.2) is 54.9 Å². The number of carbonyl (C=O) groups is 1. The fourth-order valence-corrected chi connectivity index (χ4v) is 5.25. The molecular formula is C26H35N2O3+. The lowest BCUT2D eigenvalue weighted by atomic mass is 9.80. The van der Waals surface area contributed by atoms with Crippen molar-refractivity contribution < 1.29 is 19.1 Å². The van der Waals surface area contributed by atoms with Crippen molar-refractivity contribution in [1.29, 1.82) is 0 Å². The molecule has 2 fully saturated rings. The molecule has 1 saturated carbocycles. The number of rotatable bonds is 7. The first-order valence-electron chi connectivity index (χ1n) is 11.7. The highest BCUT2D eigenvalue weighted by molar-refractivity contribution is 5.81. The van der Waals surface area contributed by atoms with E-state index in [2.05, 4.69) is 18.1 Å². The Labute approximate surface area is 185 Å². The van der Waals surface area contributed by atoms with Crippen LogP contribution in [-0.4, -0.2) is 53.3 Å². The van der Waals surface area contributed by atoms with Gasteiger partial charge in [-0.15, -0.1) is 0 Å². The third-order valence-corrected chi connectivity index (χ3v) is 7.39. The average Bonchev–Trinajstić information content (AvgIpc) is 3.36. The lowest BCUT2D eigenvalue weighted by Crippen LogP contribution is -2.53. The van der Waals surface area contributed by atoms with Gasteiger partial charge in [0.1, 0.15) is 6.10 Å². The lowest BCUT2D eigenvalue weighted by molar-refractivity contribution is -0.914. The highest BCUT2D eigenvalue weighted by atomic mass is 16.6. The maximum Gasteiger partial charge on any atom is 0.343 e. The average molecular weight is 424 g/mol. The van der Waals surface area contributed by atoms with Crippen molar-refractivity contribution in [3.63, 3.8) is 0 Å². The molecule has 0 amide bonds. The minimum absolute atomic E-state index is 0.0634. The number of esters is 1. The van der Waals surface area contributed by atoms with E-state index in [-0.39, 0.29) is 12.0 Å². The summed E-state index contributed by atoms with van der Waals surface area (Å²) in [4.78, 5) is 17.5.